The molecule has 0 aromatic carbocycles. The topological polar surface area (TPSA) is 124 Å². The van der Waals surface area contributed by atoms with E-state index in [0.29, 0.717) is 27.5 Å². The van der Waals surface area contributed by atoms with Crippen LogP contribution in [-0.4, -0.2) is 40.7 Å². The molecule has 0 bridgehead atoms. The van der Waals surface area contributed by atoms with Gasteiger partial charge in [-0.15, -0.1) is 0 Å². The lowest BCUT2D eigenvalue weighted by Gasteiger charge is -2.28. The van der Waals surface area contributed by atoms with Gasteiger partial charge in [0.1, 0.15) is 11.6 Å². The molecule has 174 valence electrons. The lowest BCUT2D eigenvalue weighted by molar-refractivity contribution is -0.141. The minimum absolute atomic E-state index is 0.134. The Labute approximate surface area is 199 Å². The Morgan fingerprint density at radius 1 is 1.09 bits per heavy atom. The second-order valence-electron chi connectivity index (χ2n) is 7.23. The molecule has 1 atom stereocenters. The third-order valence-electron chi connectivity index (χ3n) is 4.91. The summed E-state index contributed by atoms with van der Waals surface area (Å²) in [7, 11) is 0. The van der Waals surface area contributed by atoms with Crippen LogP contribution in [0.1, 0.15) is 40.5 Å². The largest absolute Gasteiger partial charge is 0.434 e. The van der Waals surface area contributed by atoms with Crippen molar-refractivity contribution >= 4 is 38.7 Å². The first-order valence-corrected chi connectivity index (χ1v) is 10.6. The van der Waals surface area contributed by atoms with Crippen LogP contribution in [0.15, 0.2) is 53.7 Å². The van der Waals surface area contributed by atoms with Gasteiger partial charge >= 0.3 is 6.18 Å². The monoisotopic (exact) mass is 532 g/mol. The average Bonchev–Trinajstić information content (AvgIpc) is 2.82. The number of hydrogen-bond donors (Lipinski definition) is 1. The van der Waals surface area contributed by atoms with Crippen LogP contribution in [0.5, 0.6) is 0 Å². The zero-order valence-electron chi connectivity index (χ0n) is 17.5. The van der Waals surface area contributed by atoms with Gasteiger partial charge in [0.05, 0.1) is 40.7 Å². The van der Waals surface area contributed by atoms with Crippen LogP contribution >= 0.6 is 15.9 Å². The van der Waals surface area contributed by atoms with Gasteiger partial charge < -0.3 is 10.6 Å². The molecule has 4 aromatic heterocycles. The van der Waals surface area contributed by atoms with E-state index in [-0.39, 0.29) is 23.6 Å². The van der Waals surface area contributed by atoms with Crippen LogP contribution in [0.3, 0.4) is 0 Å². The van der Waals surface area contributed by atoms with E-state index in [9.17, 15) is 18.0 Å². The number of nitrogens with zero attached hydrogens (tertiary/aromatic N) is 7. The Morgan fingerprint density at radius 3 is 2.47 bits per heavy atom. The SMILES string of the molecule is C[C@H](c1ncccn1)N(Cc1cnc(C(F)(F)F)cn1)C(=O)c1cnc2nc(N)c(Br)cc2c1. The molecule has 4 heterocycles. The average molecular weight is 533 g/mol. The number of carbonyl (C=O) groups is 1. The molecule has 0 aliphatic heterocycles. The zero-order valence-corrected chi connectivity index (χ0v) is 19.1. The first-order valence-electron chi connectivity index (χ1n) is 9.81. The molecule has 0 aliphatic carbocycles. The van der Waals surface area contributed by atoms with Crippen molar-refractivity contribution < 1.29 is 18.0 Å². The molecule has 0 spiro atoms. The zero-order chi connectivity index (χ0) is 24.5. The van der Waals surface area contributed by atoms with Gasteiger partial charge in [0.25, 0.3) is 5.91 Å². The minimum Gasteiger partial charge on any atom is -0.383 e. The molecule has 0 aliphatic rings. The molecule has 0 saturated carbocycles. The van der Waals surface area contributed by atoms with Crippen LogP contribution in [0.4, 0.5) is 19.0 Å². The van der Waals surface area contributed by atoms with Crippen molar-refractivity contribution in [3.05, 3.63) is 76.4 Å². The molecular formula is C21H16BrF3N8O. The highest BCUT2D eigenvalue weighted by molar-refractivity contribution is 9.10. The van der Waals surface area contributed by atoms with Crippen molar-refractivity contribution in [2.24, 2.45) is 0 Å². The third kappa shape index (κ3) is 4.93. The molecule has 4 rings (SSSR count). The van der Waals surface area contributed by atoms with Crippen LogP contribution in [0.2, 0.25) is 0 Å². The van der Waals surface area contributed by atoms with Gasteiger partial charge in [0.2, 0.25) is 0 Å². The fraction of sp³-hybridized carbons (Fsp3) is 0.190. The number of carbonyl (C=O) groups excluding carboxylic acids is 1. The molecule has 4 aromatic rings. The predicted octanol–water partition coefficient (Wildman–Crippen LogP) is 3.98. The van der Waals surface area contributed by atoms with Crippen molar-refractivity contribution in [2.75, 3.05) is 5.73 Å². The fourth-order valence-corrected chi connectivity index (χ4v) is 3.48. The highest BCUT2D eigenvalue weighted by Crippen LogP contribution is 2.28. The predicted molar refractivity (Wildman–Crippen MR) is 119 cm³/mol. The summed E-state index contributed by atoms with van der Waals surface area (Å²) in [6, 6.07) is 4.29. The molecule has 0 unspecified atom stereocenters. The van der Waals surface area contributed by atoms with E-state index >= 15 is 0 Å². The summed E-state index contributed by atoms with van der Waals surface area (Å²) < 4.78 is 39.1. The van der Waals surface area contributed by atoms with E-state index in [2.05, 4.69) is 45.8 Å². The van der Waals surface area contributed by atoms with Crippen LogP contribution in [0.25, 0.3) is 11.0 Å². The van der Waals surface area contributed by atoms with Crippen molar-refractivity contribution in [3.8, 4) is 0 Å². The minimum atomic E-state index is -4.62. The van der Waals surface area contributed by atoms with E-state index in [1.165, 1.54) is 23.5 Å². The fourth-order valence-electron chi connectivity index (χ4n) is 3.14. The lowest BCUT2D eigenvalue weighted by atomic mass is 10.1. The Hall–Kier alpha value is -3.74. The summed E-state index contributed by atoms with van der Waals surface area (Å²) in [5.41, 5.74) is 5.42. The molecule has 0 fully saturated rings. The van der Waals surface area contributed by atoms with Gasteiger partial charge in [0.15, 0.2) is 11.3 Å². The molecular weight excluding hydrogens is 517 g/mol. The van der Waals surface area contributed by atoms with Crippen LogP contribution in [-0.2, 0) is 12.7 Å². The number of rotatable bonds is 5. The van der Waals surface area contributed by atoms with E-state index in [4.69, 9.17) is 5.73 Å². The van der Waals surface area contributed by atoms with E-state index in [1.54, 1.807) is 25.1 Å². The van der Waals surface area contributed by atoms with Gasteiger partial charge in [-0.25, -0.2) is 24.9 Å². The standard InChI is InChI=1S/C21H16BrF3N8O/c1-11(18-27-3-2-4-28-18)33(10-14-8-30-16(9-29-14)21(23,24)25)20(34)13-5-12-6-15(22)17(26)32-19(12)31-7-13/h2-9,11H,10H2,1H3,(H2,26,31,32)/t11-/m1/s1. The maximum absolute atomic E-state index is 13.5. The Morgan fingerprint density at radius 2 is 1.82 bits per heavy atom. The number of nitrogen functional groups attached to an aromatic ring is 1. The first-order chi connectivity index (χ1) is 16.1. The number of anilines is 1. The van der Waals surface area contributed by atoms with Crippen LogP contribution in [0, 0.1) is 0 Å². The summed E-state index contributed by atoms with van der Waals surface area (Å²) in [4.78, 5) is 39.0. The summed E-state index contributed by atoms with van der Waals surface area (Å²) >= 11 is 3.30. The number of halogens is 4. The van der Waals surface area contributed by atoms with Gasteiger partial charge in [-0.1, -0.05) is 0 Å². The second-order valence-corrected chi connectivity index (χ2v) is 8.09. The Kier molecular flexibility index (Phi) is 6.37. The summed E-state index contributed by atoms with van der Waals surface area (Å²) in [6.45, 7) is 1.57. The maximum atomic E-state index is 13.5. The van der Waals surface area contributed by atoms with Crippen molar-refractivity contribution in [2.45, 2.75) is 25.7 Å². The second kappa shape index (κ2) is 9.25. The van der Waals surface area contributed by atoms with Gasteiger partial charge in [0, 0.05) is 24.0 Å². The molecule has 0 saturated heterocycles. The third-order valence-corrected chi connectivity index (χ3v) is 5.55. The maximum Gasteiger partial charge on any atom is 0.434 e. The van der Waals surface area contributed by atoms with E-state index in [1.807, 2.05) is 0 Å². The lowest BCUT2D eigenvalue weighted by Crippen LogP contribution is -2.34. The smallest absolute Gasteiger partial charge is 0.383 e. The van der Waals surface area contributed by atoms with Crippen molar-refractivity contribution in [3.63, 3.8) is 0 Å². The molecule has 34 heavy (non-hydrogen) atoms. The number of aromatic nitrogens is 6. The number of alkyl halides is 3. The normalized spacial score (nSPS) is 12.5. The van der Waals surface area contributed by atoms with Crippen molar-refractivity contribution in [1.29, 1.82) is 0 Å². The van der Waals surface area contributed by atoms with Crippen LogP contribution < -0.4 is 5.73 Å². The highest BCUT2D eigenvalue weighted by atomic mass is 79.9. The number of nitrogens with two attached hydrogens (primary N) is 1. The molecule has 9 nitrogen and oxygen atoms in total. The first kappa shape index (κ1) is 23.4. The summed E-state index contributed by atoms with van der Waals surface area (Å²) in [6.07, 6.45) is 1.43. The highest BCUT2D eigenvalue weighted by Gasteiger charge is 2.33. The number of fused-ring (bicyclic) bond motifs is 1. The van der Waals surface area contributed by atoms with Crippen molar-refractivity contribution in [1.82, 2.24) is 34.8 Å². The van der Waals surface area contributed by atoms with E-state index in [0.717, 1.165) is 6.20 Å². The van der Waals surface area contributed by atoms with E-state index < -0.39 is 23.8 Å². The molecule has 1 amide bonds. The summed E-state index contributed by atoms with van der Waals surface area (Å²) in [5, 5.41) is 0.574. The van der Waals surface area contributed by atoms with Gasteiger partial charge in [-0.2, -0.15) is 13.2 Å². The molecule has 0 radical (unpaired) electrons. The number of hydrogen-bond acceptors (Lipinski definition) is 8. The van der Waals surface area contributed by atoms with Gasteiger partial charge in [-0.3, -0.25) is 9.78 Å². The number of amides is 1. The van der Waals surface area contributed by atoms with Gasteiger partial charge in [-0.05, 0) is 41.1 Å². The molecule has 13 heteroatoms. The Bertz CT molecular complexity index is 1340. The quantitative estimate of drug-likeness (QED) is 0.409. The summed E-state index contributed by atoms with van der Waals surface area (Å²) in [5.74, 6) is 0.155. The number of pyridine rings is 2. The molecule has 2 N–H and O–H groups in total. The Balaban J connectivity index is 1.70.